The number of nitrogens with two attached hydrogens (primary N) is 1. The maximum Gasteiger partial charge on any atom is 0.234 e. The number of hydrogen-bond donors (Lipinski definition) is 3. The van der Waals surface area contributed by atoms with Crippen LogP contribution < -0.4 is 16.4 Å². The Bertz CT molecular complexity index is 545. The summed E-state index contributed by atoms with van der Waals surface area (Å²) in [7, 11) is 0. The van der Waals surface area contributed by atoms with Crippen molar-refractivity contribution in [3.63, 3.8) is 0 Å². The standard InChI is InChI=1S/C18H26N3O2/c1-13(18(19)23)20-12-5-4-11-17(22)21-16-10-6-8-14-7-2-3-9-15(14)16/h2-3,7,9,11,13,16,20H,4-6,8,10,12H2,1H3,(H2,19,23)(H,21,22). The Kier molecular flexibility index (Phi) is 6.59. The minimum atomic E-state index is -0.359. The smallest absolute Gasteiger partial charge is 0.234 e. The zero-order chi connectivity index (χ0) is 16.7. The van der Waals surface area contributed by atoms with Crippen molar-refractivity contribution in [2.75, 3.05) is 6.54 Å². The first-order valence-corrected chi connectivity index (χ1v) is 8.32. The average Bonchev–Trinajstić information content (AvgIpc) is 2.54. The van der Waals surface area contributed by atoms with Gasteiger partial charge in [-0.2, -0.15) is 0 Å². The van der Waals surface area contributed by atoms with Crippen LogP contribution in [-0.2, 0) is 16.0 Å². The number of hydrogen-bond acceptors (Lipinski definition) is 3. The molecule has 2 rings (SSSR count). The van der Waals surface area contributed by atoms with Crippen LogP contribution in [0, 0.1) is 6.42 Å². The number of carbonyl (C=O) groups excluding carboxylic acids is 2. The summed E-state index contributed by atoms with van der Waals surface area (Å²) in [6.07, 6.45) is 6.36. The molecule has 0 saturated carbocycles. The molecule has 0 bridgehead atoms. The Labute approximate surface area is 138 Å². The van der Waals surface area contributed by atoms with Gasteiger partial charge in [0.05, 0.1) is 12.1 Å². The quantitative estimate of drug-likeness (QED) is 0.637. The number of amides is 2. The molecule has 1 radical (unpaired) electrons. The molecule has 0 saturated heterocycles. The van der Waals surface area contributed by atoms with Crippen LogP contribution in [0.15, 0.2) is 24.3 Å². The van der Waals surface area contributed by atoms with E-state index < -0.39 is 0 Å². The molecule has 4 N–H and O–H groups in total. The van der Waals surface area contributed by atoms with Crippen molar-refractivity contribution in [2.45, 2.75) is 51.1 Å². The number of primary amides is 1. The van der Waals surface area contributed by atoms with Crippen molar-refractivity contribution >= 4 is 11.8 Å². The number of benzene rings is 1. The predicted octanol–water partition coefficient (Wildman–Crippen LogP) is 1.63. The molecule has 5 heteroatoms. The normalized spacial score (nSPS) is 18.0. The van der Waals surface area contributed by atoms with Crippen molar-refractivity contribution < 1.29 is 9.59 Å². The fraction of sp³-hybridized carbons (Fsp3) is 0.500. The minimum absolute atomic E-state index is 0.0188. The van der Waals surface area contributed by atoms with Crippen LogP contribution in [0.3, 0.4) is 0 Å². The summed E-state index contributed by atoms with van der Waals surface area (Å²) in [4.78, 5) is 22.9. The molecule has 0 spiro atoms. The van der Waals surface area contributed by atoms with Crippen LogP contribution in [-0.4, -0.2) is 24.4 Å². The molecule has 0 heterocycles. The predicted molar refractivity (Wildman–Crippen MR) is 90.5 cm³/mol. The van der Waals surface area contributed by atoms with E-state index in [9.17, 15) is 9.59 Å². The van der Waals surface area contributed by atoms with Gasteiger partial charge in [0, 0.05) is 6.42 Å². The molecule has 125 valence electrons. The van der Waals surface area contributed by atoms with E-state index in [0.717, 1.165) is 25.7 Å². The van der Waals surface area contributed by atoms with E-state index in [1.165, 1.54) is 11.1 Å². The third kappa shape index (κ3) is 5.36. The summed E-state index contributed by atoms with van der Waals surface area (Å²) in [6.45, 7) is 2.40. The molecule has 1 aliphatic rings. The summed E-state index contributed by atoms with van der Waals surface area (Å²) < 4.78 is 0. The average molecular weight is 316 g/mol. The van der Waals surface area contributed by atoms with Crippen LogP contribution in [0.25, 0.3) is 0 Å². The number of carbonyl (C=O) groups is 2. The largest absolute Gasteiger partial charge is 0.368 e. The second-order valence-corrected chi connectivity index (χ2v) is 6.08. The van der Waals surface area contributed by atoms with Gasteiger partial charge in [0.1, 0.15) is 0 Å². The summed E-state index contributed by atoms with van der Waals surface area (Å²) in [5, 5.41) is 6.13. The molecule has 1 aliphatic carbocycles. The third-order valence-corrected chi connectivity index (χ3v) is 4.27. The SMILES string of the molecule is CC(NCCC[CH]C(=O)NC1CCCc2ccccc21)C(N)=O. The lowest BCUT2D eigenvalue weighted by Crippen LogP contribution is -2.39. The van der Waals surface area contributed by atoms with Crippen molar-refractivity contribution in [3.8, 4) is 0 Å². The molecule has 1 aromatic carbocycles. The summed E-state index contributed by atoms with van der Waals surface area (Å²) in [5.41, 5.74) is 7.76. The van der Waals surface area contributed by atoms with Gasteiger partial charge >= 0.3 is 0 Å². The molecule has 0 fully saturated rings. The Balaban J connectivity index is 1.69. The lowest BCUT2D eigenvalue weighted by atomic mass is 9.87. The summed E-state index contributed by atoms with van der Waals surface area (Å²) in [6, 6.07) is 8.12. The molecule has 2 amide bonds. The molecular weight excluding hydrogens is 290 g/mol. The number of aryl methyl sites for hydroxylation is 1. The molecule has 5 nitrogen and oxygen atoms in total. The summed E-state index contributed by atoms with van der Waals surface area (Å²) >= 11 is 0. The Morgan fingerprint density at radius 2 is 2.17 bits per heavy atom. The van der Waals surface area contributed by atoms with Gasteiger partial charge in [0.15, 0.2) is 0 Å². The van der Waals surface area contributed by atoms with Crippen LogP contribution in [0.5, 0.6) is 0 Å². The van der Waals surface area contributed by atoms with Crippen molar-refractivity contribution in [3.05, 3.63) is 41.8 Å². The van der Waals surface area contributed by atoms with Gasteiger partial charge in [0.25, 0.3) is 0 Å². The first kappa shape index (κ1) is 17.5. The van der Waals surface area contributed by atoms with Crippen LogP contribution >= 0.6 is 0 Å². The van der Waals surface area contributed by atoms with E-state index in [1.807, 2.05) is 6.07 Å². The molecule has 0 aromatic heterocycles. The Morgan fingerprint density at radius 1 is 1.39 bits per heavy atom. The first-order chi connectivity index (χ1) is 11.1. The maximum absolute atomic E-state index is 12.1. The fourth-order valence-electron chi connectivity index (χ4n) is 2.89. The van der Waals surface area contributed by atoms with Crippen molar-refractivity contribution in [1.82, 2.24) is 10.6 Å². The Hall–Kier alpha value is -1.88. The van der Waals surface area contributed by atoms with E-state index in [0.29, 0.717) is 13.0 Å². The fourth-order valence-corrected chi connectivity index (χ4v) is 2.89. The van der Waals surface area contributed by atoms with Crippen LogP contribution in [0.4, 0.5) is 0 Å². The van der Waals surface area contributed by atoms with E-state index in [1.54, 1.807) is 13.3 Å². The second kappa shape index (κ2) is 8.67. The van der Waals surface area contributed by atoms with Crippen LogP contribution in [0.2, 0.25) is 0 Å². The molecule has 23 heavy (non-hydrogen) atoms. The van der Waals surface area contributed by atoms with Gasteiger partial charge in [-0.25, -0.2) is 0 Å². The lowest BCUT2D eigenvalue weighted by molar-refractivity contribution is -0.120. The van der Waals surface area contributed by atoms with E-state index >= 15 is 0 Å². The molecule has 0 aliphatic heterocycles. The topological polar surface area (TPSA) is 84.2 Å². The van der Waals surface area contributed by atoms with E-state index in [2.05, 4.69) is 28.8 Å². The maximum atomic E-state index is 12.1. The van der Waals surface area contributed by atoms with Gasteiger partial charge in [-0.15, -0.1) is 0 Å². The highest BCUT2D eigenvalue weighted by Gasteiger charge is 2.21. The highest BCUT2D eigenvalue weighted by Crippen LogP contribution is 2.29. The van der Waals surface area contributed by atoms with Gasteiger partial charge in [-0.05, 0) is 56.7 Å². The number of unbranched alkanes of at least 4 members (excludes halogenated alkanes) is 1. The second-order valence-electron chi connectivity index (χ2n) is 6.08. The molecule has 1 aromatic rings. The van der Waals surface area contributed by atoms with Gasteiger partial charge < -0.3 is 16.4 Å². The lowest BCUT2D eigenvalue weighted by Gasteiger charge is -2.26. The number of rotatable bonds is 8. The first-order valence-electron chi connectivity index (χ1n) is 8.32. The zero-order valence-electron chi connectivity index (χ0n) is 13.7. The van der Waals surface area contributed by atoms with Crippen LogP contribution in [0.1, 0.15) is 49.8 Å². The molecule has 2 unspecified atom stereocenters. The van der Waals surface area contributed by atoms with Crippen molar-refractivity contribution in [2.24, 2.45) is 5.73 Å². The monoisotopic (exact) mass is 316 g/mol. The van der Waals surface area contributed by atoms with Crippen molar-refractivity contribution in [1.29, 1.82) is 0 Å². The summed E-state index contributed by atoms with van der Waals surface area (Å²) in [5.74, 6) is -0.377. The molecular formula is C18H26N3O2. The highest BCUT2D eigenvalue weighted by atomic mass is 16.2. The van der Waals surface area contributed by atoms with E-state index in [4.69, 9.17) is 5.73 Å². The molecule has 2 atom stereocenters. The minimum Gasteiger partial charge on any atom is -0.368 e. The highest BCUT2D eigenvalue weighted by molar-refractivity contribution is 5.85. The van der Waals surface area contributed by atoms with Gasteiger partial charge in [0.2, 0.25) is 11.8 Å². The van der Waals surface area contributed by atoms with Gasteiger partial charge in [-0.1, -0.05) is 24.3 Å². The number of fused-ring (bicyclic) bond motifs is 1. The third-order valence-electron chi connectivity index (χ3n) is 4.27. The Morgan fingerprint density at radius 3 is 2.96 bits per heavy atom. The zero-order valence-corrected chi connectivity index (χ0v) is 13.7. The number of nitrogens with one attached hydrogen (secondary N) is 2. The van der Waals surface area contributed by atoms with E-state index in [-0.39, 0.29) is 23.9 Å². The van der Waals surface area contributed by atoms with Gasteiger partial charge in [-0.3, -0.25) is 9.59 Å².